The molecule has 5 atom stereocenters. The van der Waals surface area contributed by atoms with Gasteiger partial charge in [-0.3, -0.25) is 28.8 Å². The van der Waals surface area contributed by atoms with E-state index < -0.39 is 73.9 Å². The van der Waals surface area contributed by atoms with Crippen LogP contribution in [0.3, 0.4) is 0 Å². The second kappa shape index (κ2) is 27.7. The average molecular weight is 1160 g/mol. The second-order valence-corrected chi connectivity index (χ2v) is 27.4. The molecule has 0 unspecified atom stereocenters. The van der Waals surface area contributed by atoms with Gasteiger partial charge in [0, 0.05) is 57.3 Å². The van der Waals surface area contributed by atoms with Crippen LogP contribution in [0.4, 0.5) is 0 Å². The third-order valence-electron chi connectivity index (χ3n) is 15.3. The number of rotatable bonds is 25. The zero-order chi connectivity index (χ0) is 59.5. The van der Waals surface area contributed by atoms with Crippen LogP contribution in [0.5, 0.6) is 0 Å². The van der Waals surface area contributed by atoms with Gasteiger partial charge in [-0.15, -0.1) is 0 Å². The molecule has 2 heterocycles. The lowest BCUT2D eigenvalue weighted by molar-refractivity contribution is -0.142. The van der Waals surface area contributed by atoms with E-state index in [9.17, 15) is 45.6 Å². The molecule has 19 nitrogen and oxygen atoms in total. The van der Waals surface area contributed by atoms with Crippen molar-refractivity contribution in [2.45, 2.75) is 141 Å². The molecule has 81 heavy (non-hydrogen) atoms. The predicted molar refractivity (Wildman–Crippen MR) is 313 cm³/mol. The summed E-state index contributed by atoms with van der Waals surface area (Å²) in [5.74, 6) is -2.33. The van der Waals surface area contributed by atoms with Crippen LogP contribution < -0.4 is 25.4 Å². The number of likely N-dealkylation sites (N-methyl/N-ethyl adjacent to an activating group) is 1. The number of nitrogens with one attached hydrogen (secondary N) is 5. The van der Waals surface area contributed by atoms with E-state index >= 15 is 0 Å². The Kier molecular flexibility index (Phi) is 21.8. The molecule has 0 bridgehead atoms. The smallest absolute Gasteiger partial charge is 0.246 e. The molecule has 2 aliphatic heterocycles. The van der Waals surface area contributed by atoms with Gasteiger partial charge in [-0.05, 0) is 109 Å². The SMILES string of the molecule is CN[C@@H](C)C(=O)N[C@H](C(=O)N1CCC[C@H]1CN(CCc1ccccc1)C(=O)CNS(=O)(=O)c1ccc2cc(S(=O)(=O)NCC(=O)N(CCc3ccccc3)C[C@@H]3CCCN3C(=O)[C@@H](NC(=O)C(C)C)C(C)(C)C)ccc2c1)C(C)(C)C. The predicted octanol–water partition coefficient (Wildman–Crippen LogP) is 4.85. The van der Waals surface area contributed by atoms with Gasteiger partial charge in [0.1, 0.15) is 12.1 Å². The van der Waals surface area contributed by atoms with Gasteiger partial charge >= 0.3 is 0 Å². The normalized spacial score (nSPS) is 17.2. The summed E-state index contributed by atoms with van der Waals surface area (Å²) >= 11 is 0. The summed E-state index contributed by atoms with van der Waals surface area (Å²) in [5.41, 5.74) is 0.729. The van der Waals surface area contributed by atoms with Crippen molar-refractivity contribution in [2.75, 3.05) is 59.4 Å². The van der Waals surface area contributed by atoms with Crippen molar-refractivity contribution in [3.05, 3.63) is 108 Å². The van der Waals surface area contributed by atoms with Crippen LogP contribution in [-0.4, -0.2) is 161 Å². The highest BCUT2D eigenvalue weighted by Crippen LogP contribution is 2.29. The lowest BCUT2D eigenvalue weighted by Gasteiger charge is -2.37. The summed E-state index contributed by atoms with van der Waals surface area (Å²) in [6, 6.07) is 24.6. The number of carbonyl (C=O) groups is 6. The van der Waals surface area contributed by atoms with Gasteiger partial charge in [0.15, 0.2) is 0 Å². The number of amides is 6. The fraction of sp³-hybridized carbons (Fsp3) is 0.533. The minimum Gasteiger partial charge on any atom is -0.344 e. The van der Waals surface area contributed by atoms with E-state index in [0.717, 1.165) is 11.1 Å². The fourth-order valence-electron chi connectivity index (χ4n) is 10.2. The van der Waals surface area contributed by atoms with Crippen LogP contribution in [0.15, 0.2) is 107 Å². The van der Waals surface area contributed by atoms with Crippen LogP contribution in [0, 0.1) is 16.7 Å². The zero-order valence-electron chi connectivity index (χ0n) is 48.8. The molecule has 2 aliphatic rings. The van der Waals surface area contributed by atoms with E-state index in [1.54, 1.807) is 47.4 Å². The van der Waals surface area contributed by atoms with E-state index in [-0.39, 0.29) is 77.6 Å². The summed E-state index contributed by atoms with van der Waals surface area (Å²) < 4.78 is 60.5. The fourth-order valence-corrected chi connectivity index (χ4v) is 12.2. The highest BCUT2D eigenvalue weighted by Gasteiger charge is 2.43. The number of carbonyl (C=O) groups excluding carboxylic acids is 6. The lowest BCUT2D eigenvalue weighted by atomic mass is 9.85. The maximum Gasteiger partial charge on any atom is 0.246 e. The maximum absolute atomic E-state index is 14.3. The standard InChI is InChI=1S/C60H85N9O10S2/c1-41(2)55(72)64-53(59(4,5)6)57(74)68-31-17-23-47(68)39-66(33-29-43-19-13-11-14-20-43)51(70)37-62-80(76,77)49-27-25-46-36-50(28-26-45(46)35-49)81(78,79)63-38-52(71)67(34-30-44-21-15-12-16-22-44)40-48-24-18-32-69(48)58(75)54(60(7,8)9)65-56(73)42(3)61-10/h11-16,19-22,25-28,35-36,41-42,47-48,53-54,61-63H,17-18,23-24,29-34,37-40H2,1-10H3,(H,64,72)(H,65,73)/t42-,47-,48-,53+,54+/m0/s1. The van der Waals surface area contributed by atoms with E-state index in [1.165, 1.54) is 36.4 Å². The number of fused-ring (bicyclic) bond motifs is 1. The molecular formula is C60H85N9O10S2. The number of benzene rings is 4. The average Bonchev–Trinajstić information content (AvgIpc) is 4.22. The minimum absolute atomic E-state index is 0.148. The molecule has 0 aliphatic carbocycles. The molecule has 442 valence electrons. The molecule has 4 aromatic rings. The Balaban J connectivity index is 1.13. The molecule has 2 saturated heterocycles. The molecule has 2 fully saturated rings. The zero-order valence-corrected chi connectivity index (χ0v) is 50.4. The number of nitrogens with zero attached hydrogens (tertiary/aromatic N) is 4. The van der Waals surface area contributed by atoms with Crippen molar-refractivity contribution in [3.8, 4) is 0 Å². The highest BCUT2D eigenvalue weighted by molar-refractivity contribution is 7.89. The number of hydrogen-bond acceptors (Lipinski definition) is 11. The van der Waals surface area contributed by atoms with Crippen LogP contribution in [-0.2, 0) is 61.7 Å². The van der Waals surface area contributed by atoms with Gasteiger partial charge in [0.05, 0.1) is 28.9 Å². The first-order valence-corrected chi connectivity index (χ1v) is 31.1. The molecule has 0 radical (unpaired) electrons. The number of sulfonamides is 2. The van der Waals surface area contributed by atoms with E-state index in [2.05, 4.69) is 25.4 Å². The molecule has 0 saturated carbocycles. The van der Waals surface area contributed by atoms with Gasteiger partial charge in [-0.2, -0.15) is 0 Å². The van der Waals surface area contributed by atoms with E-state index in [4.69, 9.17) is 0 Å². The Morgan fingerprint density at radius 1 is 0.568 bits per heavy atom. The Hall–Kier alpha value is -6.26. The number of hydrogen-bond donors (Lipinski definition) is 5. The van der Waals surface area contributed by atoms with Gasteiger partial charge < -0.3 is 35.6 Å². The summed E-state index contributed by atoms with van der Waals surface area (Å²) in [6.07, 6.45) is 3.58. The molecule has 0 spiro atoms. The van der Waals surface area contributed by atoms with Gasteiger partial charge in [-0.1, -0.05) is 128 Å². The van der Waals surface area contributed by atoms with Crippen LogP contribution in [0.25, 0.3) is 10.8 Å². The second-order valence-electron chi connectivity index (χ2n) is 23.9. The Morgan fingerprint density at radius 2 is 0.951 bits per heavy atom. The first kappa shape index (κ1) is 63.9. The Labute approximate surface area is 479 Å². The first-order valence-electron chi connectivity index (χ1n) is 28.1. The quantitative estimate of drug-likeness (QED) is 0.0601. The van der Waals surface area contributed by atoms with Crippen molar-refractivity contribution >= 4 is 66.3 Å². The Morgan fingerprint density at radius 3 is 1.31 bits per heavy atom. The molecule has 6 amide bonds. The summed E-state index contributed by atoms with van der Waals surface area (Å²) in [6.45, 7) is 17.2. The molecule has 6 rings (SSSR count). The Bertz CT molecular complexity index is 3080. The summed E-state index contributed by atoms with van der Waals surface area (Å²) in [5, 5.41) is 9.60. The van der Waals surface area contributed by atoms with Crippen molar-refractivity contribution < 1.29 is 45.6 Å². The third-order valence-corrected chi connectivity index (χ3v) is 18.1. The van der Waals surface area contributed by atoms with E-state index in [0.29, 0.717) is 62.4 Å². The van der Waals surface area contributed by atoms with Crippen molar-refractivity contribution in [1.29, 1.82) is 0 Å². The van der Waals surface area contributed by atoms with Gasteiger partial charge in [0.25, 0.3) is 0 Å². The van der Waals surface area contributed by atoms with Crippen LogP contribution in [0.2, 0.25) is 0 Å². The summed E-state index contributed by atoms with van der Waals surface area (Å²) in [4.78, 5) is 88.9. The van der Waals surface area contributed by atoms with Gasteiger partial charge in [0.2, 0.25) is 55.5 Å². The van der Waals surface area contributed by atoms with Crippen LogP contribution in [0.1, 0.15) is 99.1 Å². The lowest BCUT2D eigenvalue weighted by Crippen LogP contribution is -2.59. The molecule has 5 N–H and O–H groups in total. The van der Waals surface area contributed by atoms with Crippen molar-refractivity contribution in [1.82, 2.24) is 45.0 Å². The van der Waals surface area contributed by atoms with Crippen molar-refractivity contribution in [3.63, 3.8) is 0 Å². The molecule has 21 heteroatoms. The van der Waals surface area contributed by atoms with Crippen molar-refractivity contribution in [2.24, 2.45) is 16.7 Å². The minimum atomic E-state index is -4.29. The summed E-state index contributed by atoms with van der Waals surface area (Å²) in [7, 11) is -6.91. The van der Waals surface area contributed by atoms with E-state index in [1.807, 2.05) is 102 Å². The number of likely N-dealkylation sites (tertiary alicyclic amines) is 2. The molecule has 4 aromatic carbocycles. The maximum atomic E-state index is 14.3. The van der Waals surface area contributed by atoms with Gasteiger partial charge in [-0.25, -0.2) is 26.3 Å². The largest absolute Gasteiger partial charge is 0.344 e. The monoisotopic (exact) mass is 1160 g/mol. The highest BCUT2D eigenvalue weighted by atomic mass is 32.2. The topological polar surface area (TPSA) is 244 Å². The molecular weight excluding hydrogens is 1070 g/mol. The molecule has 0 aromatic heterocycles. The first-order chi connectivity index (χ1) is 38.1. The van der Waals surface area contributed by atoms with Crippen LogP contribution >= 0.6 is 0 Å². The third kappa shape index (κ3) is 17.4.